The maximum atomic E-state index is 12.2. The van der Waals surface area contributed by atoms with E-state index in [4.69, 9.17) is 4.74 Å². The van der Waals surface area contributed by atoms with E-state index in [0.717, 1.165) is 0 Å². The summed E-state index contributed by atoms with van der Waals surface area (Å²) in [7, 11) is 1.24. The molecule has 7 nitrogen and oxygen atoms in total. The number of carbonyl (C=O) groups is 2. The van der Waals surface area contributed by atoms with Crippen molar-refractivity contribution < 1.29 is 19.4 Å². The van der Waals surface area contributed by atoms with Crippen LogP contribution in [0, 0.1) is 0 Å². The van der Waals surface area contributed by atoms with Crippen molar-refractivity contribution in [2.75, 3.05) is 12.9 Å². The molecular formula is C10H13N3O4S. The van der Waals surface area contributed by atoms with Gasteiger partial charge in [-0.1, -0.05) is 0 Å². The van der Waals surface area contributed by atoms with Crippen LogP contribution in [0.2, 0.25) is 0 Å². The summed E-state index contributed by atoms with van der Waals surface area (Å²) in [5.74, 6) is -1.04. The first-order valence-corrected chi connectivity index (χ1v) is 6.35. The van der Waals surface area contributed by atoms with Crippen molar-refractivity contribution >= 4 is 23.6 Å². The number of azo groups is 1. The minimum Gasteiger partial charge on any atom is -0.510 e. The molecule has 2 heterocycles. The van der Waals surface area contributed by atoms with Crippen LogP contribution in [0.25, 0.3) is 0 Å². The van der Waals surface area contributed by atoms with Crippen LogP contribution >= 0.6 is 11.8 Å². The first kappa shape index (κ1) is 12.9. The standard InChI is InChI=1S/C10H13N3O4S/c1-5(14)7-8(15)13-6(2)18-4-10(13,12-11-7)9(16)17-3/h6,14H,4H2,1-3H3/b7-5+/t6-,10+/m1/s1. The molecule has 0 unspecified atom stereocenters. The van der Waals surface area contributed by atoms with E-state index < -0.39 is 17.5 Å². The number of hydrogen-bond donors (Lipinski definition) is 1. The molecular weight excluding hydrogens is 258 g/mol. The number of rotatable bonds is 1. The van der Waals surface area contributed by atoms with Gasteiger partial charge in [0.1, 0.15) is 5.76 Å². The molecule has 2 rings (SSSR count). The molecule has 8 heteroatoms. The minimum atomic E-state index is -1.39. The minimum absolute atomic E-state index is 0.135. The highest BCUT2D eigenvalue weighted by atomic mass is 32.2. The van der Waals surface area contributed by atoms with Gasteiger partial charge in [0.25, 0.3) is 11.6 Å². The second-order valence-electron chi connectivity index (χ2n) is 4.03. The molecule has 0 aliphatic carbocycles. The van der Waals surface area contributed by atoms with Gasteiger partial charge < -0.3 is 9.84 Å². The molecule has 2 atom stereocenters. The van der Waals surface area contributed by atoms with E-state index in [-0.39, 0.29) is 16.8 Å². The van der Waals surface area contributed by atoms with Crippen LogP contribution in [0.3, 0.4) is 0 Å². The van der Waals surface area contributed by atoms with Crippen LogP contribution in [0.5, 0.6) is 0 Å². The lowest BCUT2D eigenvalue weighted by atomic mass is 10.1. The Morgan fingerprint density at radius 2 is 2.33 bits per heavy atom. The zero-order chi connectivity index (χ0) is 13.5. The molecule has 18 heavy (non-hydrogen) atoms. The number of allylic oxidation sites excluding steroid dienone is 1. The summed E-state index contributed by atoms with van der Waals surface area (Å²) >= 11 is 1.41. The first-order chi connectivity index (χ1) is 8.44. The van der Waals surface area contributed by atoms with Gasteiger partial charge in [0.15, 0.2) is 5.70 Å². The van der Waals surface area contributed by atoms with Gasteiger partial charge in [-0.05, 0) is 13.8 Å². The van der Waals surface area contributed by atoms with E-state index in [9.17, 15) is 14.7 Å². The van der Waals surface area contributed by atoms with Gasteiger partial charge in [-0.2, -0.15) is 0 Å². The third kappa shape index (κ3) is 1.59. The summed E-state index contributed by atoms with van der Waals surface area (Å²) in [5, 5.41) is 16.7. The number of carbonyl (C=O) groups excluding carboxylic acids is 2. The number of nitrogens with zero attached hydrogens (tertiary/aromatic N) is 3. The molecule has 0 spiro atoms. The monoisotopic (exact) mass is 271 g/mol. The summed E-state index contributed by atoms with van der Waals surface area (Å²) in [6.07, 6.45) is 0. The van der Waals surface area contributed by atoms with E-state index in [1.165, 1.54) is 30.7 Å². The van der Waals surface area contributed by atoms with Gasteiger partial charge >= 0.3 is 5.97 Å². The van der Waals surface area contributed by atoms with Gasteiger partial charge in [-0.3, -0.25) is 9.69 Å². The fourth-order valence-corrected chi connectivity index (χ4v) is 3.18. The molecule has 0 saturated carbocycles. The van der Waals surface area contributed by atoms with Crippen molar-refractivity contribution in [2.45, 2.75) is 24.9 Å². The second-order valence-corrected chi connectivity index (χ2v) is 5.33. The van der Waals surface area contributed by atoms with Crippen molar-refractivity contribution in [3.05, 3.63) is 11.5 Å². The van der Waals surface area contributed by atoms with E-state index in [0.29, 0.717) is 5.75 Å². The summed E-state index contributed by atoms with van der Waals surface area (Å²) in [5.41, 5.74) is -1.53. The zero-order valence-corrected chi connectivity index (χ0v) is 11.0. The SMILES string of the molecule is COC(=O)[C@]12CS[C@H](C)N1C(=O)/C(=C(/C)O)N=N2. The van der Waals surface area contributed by atoms with E-state index in [2.05, 4.69) is 10.2 Å². The molecule has 1 amide bonds. The molecule has 0 aromatic carbocycles. The quantitative estimate of drug-likeness (QED) is 0.437. The Bertz CT molecular complexity index is 472. The molecule has 0 aromatic rings. The van der Waals surface area contributed by atoms with Crippen molar-refractivity contribution in [3.63, 3.8) is 0 Å². The van der Waals surface area contributed by atoms with Crippen molar-refractivity contribution in [1.82, 2.24) is 4.90 Å². The number of methoxy groups -OCH3 is 1. The molecule has 0 aromatic heterocycles. The maximum absolute atomic E-state index is 12.2. The normalized spacial score (nSPS) is 33.4. The third-order valence-electron chi connectivity index (χ3n) is 2.88. The lowest BCUT2D eigenvalue weighted by Gasteiger charge is -2.35. The van der Waals surface area contributed by atoms with Crippen LogP contribution in [0.15, 0.2) is 21.7 Å². The molecule has 1 fully saturated rings. The van der Waals surface area contributed by atoms with E-state index >= 15 is 0 Å². The highest BCUT2D eigenvalue weighted by molar-refractivity contribution is 8.00. The Morgan fingerprint density at radius 1 is 1.67 bits per heavy atom. The summed E-state index contributed by atoms with van der Waals surface area (Å²) < 4.78 is 4.71. The molecule has 0 radical (unpaired) electrons. The van der Waals surface area contributed by atoms with Gasteiger partial charge in [-0.15, -0.1) is 22.0 Å². The van der Waals surface area contributed by atoms with E-state index in [1.807, 2.05) is 0 Å². The van der Waals surface area contributed by atoms with Crippen molar-refractivity contribution in [2.24, 2.45) is 10.2 Å². The van der Waals surface area contributed by atoms with Gasteiger partial charge in [-0.25, -0.2) is 4.79 Å². The molecule has 2 aliphatic rings. The lowest BCUT2D eigenvalue weighted by Crippen LogP contribution is -2.57. The van der Waals surface area contributed by atoms with Gasteiger partial charge in [0.05, 0.1) is 18.2 Å². The number of fused-ring (bicyclic) bond motifs is 1. The number of esters is 1. The highest BCUT2D eigenvalue weighted by Crippen LogP contribution is 2.42. The molecule has 0 bridgehead atoms. The molecule has 1 saturated heterocycles. The molecule has 98 valence electrons. The largest absolute Gasteiger partial charge is 0.510 e. The number of amides is 1. The van der Waals surface area contributed by atoms with Gasteiger partial charge in [0.2, 0.25) is 0 Å². The van der Waals surface area contributed by atoms with Crippen LogP contribution in [-0.4, -0.2) is 45.8 Å². The lowest BCUT2D eigenvalue weighted by molar-refractivity contribution is -0.159. The predicted molar refractivity (Wildman–Crippen MR) is 63.7 cm³/mol. The Balaban J connectivity index is 2.55. The fraction of sp³-hybridized carbons (Fsp3) is 0.600. The number of ether oxygens (including phenoxy) is 1. The zero-order valence-electron chi connectivity index (χ0n) is 10.2. The average molecular weight is 271 g/mol. The van der Waals surface area contributed by atoms with Crippen LogP contribution in [0.4, 0.5) is 0 Å². The summed E-state index contributed by atoms with van der Waals surface area (Å²) in [6.45, 7) is 3.14. The number of thioether (sulfide) groups is 1. The maximum Gasteiger partial charge on any atom is 0.357 e. The predicted octanol–water partition coefficient (Wildman–Crippen LogP) is 1.03. The first-order valence-electron chi connectivity index (χ1n) is 5.30. The summed E-state index contributed by atoms with van der Waals surface area (Å²) in [6, 6.07) is 0. The Kier molecular flexibility index (Phi) is 3.05. The van der Waals surface area contributed by atoms with Gasteiger partial charge in [0, 0.05) is 0 Å². The summed E-state index contributed by atoms with van der Waals surface area (Å²) in [4.78, 5) is 25.4. The number of aliphatic hydroxyl groups excluding tert-OH is 1. The Morgan fingerprint density at radius 3 is 2.89 bits per heavy atom. The third-order valence-corrected chi connectivity index (χ3v) is 4.14. The van der Waals surface area contributed by atoms with Crippen molar-refractivity contribution in [1.29, 1.82) is 0 Å². The average Bonchev–Trinajstić information content (AvgIpc) is 2.68. The van der Waals surface area contributed by atoms with Crippen LogP contribution in [0.1, 0.15) is 13.8 Å². The topological polar surface area (TPSA) is 91.6 Å². The van der Waals surface area contributed by atoms with Crippen molar-refractivity contribution in [3.8, 4) is 0 Å². The Hall–Kier alpha value is -1.57. The van der Waals surface area contributed by atoms with Crippen LogP contribution in [-0.2, 0) is 14.3 Å². The smallest absolute Gasteiger partial charge is 0.357 e. The number of hydrogen-bond acceptors (Lipinski definition) is 7. The molecule has 1 N–H and O–H groups in total. The highest BCUT2D eigenvalue weighted by Gasteiger charge is 2.58. The fourth-order valence-electron chi connectivity index (χ4n) is 1.97. The number of aliphatic hydroxyl groups is 1. The Labute approximate surface area is 108 Å². The molecule has 2 aliphatic heterocycles. The second kappa shape index (κ2) is 4.27. The van der Waals surface area contributed by atoms with E-state index in [1.54, 1.807) is 6.92 Å². The van der Waals surface area contributed by atoms with Crippen LogP contribution < -0.4 is 0 Å².